The lowest BCUT2D eigenvalue weighted by Gasteiger charge is -2.07. The second kappa shape index (κ2) is 3.20. The van der Waals surface area contributed by atoms with E-state index in [2.05, 4.69) is 4.98 Å². The third-order valence-corrected chi connectivity index (χ3v) is 1.02. The van der Waals surface area contributed by atoms with Gasteiger partial charge in [-0.3, -0.25) is 4.98 Å². The van der Waals surface area contributed by atoms with E-state index in [1.165, 1.54) is 0 Å². The van der Waals surface area contributed by atoms with E-state index >= 15 is 0 Å². The van der Waals surface area contributed by atoms with Gasteiger partial charge in [0.2, 0.25) is 0 Å². The molecule has 0 fully saturated rings. The molecule has 1 aromatic heterocycles. The van der Waals surface area contributed by atoms with Crippen LogP contribution in [0.4, 0.5) is 0 Å². The van der Waals surface area contributed by atoms with Crippen LogP contribution < -0.4 is 4.74 Å². The predicted octanol–water partition coefficient (Wildman–Crippen LogP) is 1.87. The van der Waals surface area contributed by atoms with Gasteiger partial charge in [-0.2, -0.15) is 0 Å². The molecule has 0 amide bonds. The molecule has 0 spiro atoms. The molecule has 10 heavy (non-hydrogen) atoms. The number of nitrogens with zero attached hydrogens (tertiary/aromatic N) is 1. The molecule has 2 nitrogen and oxygen atoms in total. The first-order valence-electron chi connectivity index (χ1n) is 3.35. The fourth-order valence-corrected chi connectivity index (χ4v) is 0.689. The van der Waals surface area contributed by atoms with Crippen LogP contribution in [0.15, 0.2) is 24.5 Å². The Morgan fingerprint density at radius 3 is 2.40 bits per heavy atom. The first-order chi connectivity index (χ1) is 4.79. The van der Waals surface area contributed by atoms with Gasteiger partial charge in [-0.1, -0.05) is 0 Å². The van der Waals surface area contributed by atoms with Gasteiger partial charge in [-0.05, 0) is 26.0 Å². The van der Waals surface area contributed by atoms with E-state index in [1.54, 1.807) is 12.4 Å². The highest BCUT2D eigenvalue weighted by molar-refractivity contribution is 5.16. The molecule has 0 radical (unpaired) electrons. The van der Waals surface area contributed by atoms with Crippen LogP contribution in [0.25, 0.3) is 0 Å². The number of ether oxygens (including phenoxy) is 1. The van der Waals surface area contributed by atoms with Gasteiger partial charge in [-0.15, -0.1) is 0 Å². The summed E-state index contributed by atoms with van der Waals surface area (Å²) in [5.74, 6) is 0.880. The first-order valence-corrected chi connectivity index (χ1v) is 3.35. The Hall–Kier alpha value is -1.05. The minimum Gasteiger partial charge on any atom is -0.491 e. The summed E-state index contributed by atoms with van der Waals surface area (Å²) in [5, 5.41) is 0. The van der Waals surface area contributed by atoms with Crippen LogP contribution in [0.2, 0.25) is 0 Å². The molecule has 0 aromatic carbocycles. The van der Waals surface area contributed by atoms with Gasteiger partial charge in [0.1, 0.15) is 5.75 Å². The van der Waals surface area contributed by atoms with Crippen molar-refractivity contribution in [3.8, 4) is 5.75 Å². The van der Waals surface area contributed by atoms with Gasteiger partial charge < -0.3 is 4.74 Å². The Bertz CT molecular complexity index is 184. The Labute approximate surface area is 60.9 Å². The van der Waals surface area contributed by atoms with Crippen molar-refractivity contribution in [3.63, 3.8) is 0 Å². The summed E-state index contributed by atoms with van der Waals surface area (Å²) >= 11 is 0. The van der Waals surface area contributed by atoms with E-state index in [4.69, 9.17) is 4.74 Å². The molecule has 0 aliphatic rings. The monoisotopic (exact) mass is 137 g/mol. The number of aromatic nitrogens is 1. The van der Waals surface area contributed by atoms with Gasteiger partial charge in [0, 0.05) is 12.4 Å². The fourth-order valence-electron chi connectivity index (χ4n) is 0.689. The smallest absolute Gasteiger partial charge is 0.122 e. The molecule has 0 saturated heterocycles. The van der Waals surface area contributed by atoms with E-state index in [0.717, 1.165) is 5.75 Å². The molecule has 0 aliphatic heterocycles. The second-order valence-electron chi connectivity index (χ2n) is 2.35. The van der Waals surface area contributed by atoms with Gasteiger partial charge in [-0.25, -0.2) is 0 Å². The Morgan fingerprint density at radius 2 is 1.90 bits per heavy atom. The molecular weight excluding hydrogens is 126 g/mol. The molecule has 1 aromatic rings. The van der Waals surface area contributed by atoms with Crippen LogP contribution in [-0.2, 0) is 0 Å². The number of pyridine rings is 1. The van der Waals surface area contributed by atoms with Gasteiger partial charge >= 0.3 is 0 Å². The summed E-state index contributed by atoms with van der Waals surface area (Å²) in [6, 6.07) is 3.69. The van der Waals surface area contributed by atoms with Crippen LogP contribution in [0.3, 0.4) is 0 Å². The van der Waals surface area contributed by atoms with Crippen molar-refractivity contribution in [1.29, 1.82) is 0 Å². The lowest BCUT2D eigenvalue weighted by Crippen LogP contribution is -2.04. The van der Waals surface area contributed by atoms with E-state index in [9.17, 15) is 0 Å². The molecule has 0 aliphatic carbocycles. The third-order valence-electron chi connectivity index (χ3n) is 1.02. The quantitative estimate of drug-likeness (QED) is 0.620. The average Bonchev–Trinajstić information content (AvgIpc) is 1.88. The maximum Gasteiger partial charge on any atom is 0.122 e. The van der Waals surface area contributed by atoms with Crippen molar-refractivity contribution in [2.75, 3.05) is 0 Å². The van der Waals surface area contributed by atoms with Crippen LogP contribution >= 0.6 is 0 Å². The molecule has 0 N–H and O–H groups in total. The summed E-state index contributed by atoms with van der Waals surface area (Å²) < 4.78 is 5.37. The van der Waals surface area contributed by atoms with Crippen molar-refractivity contribution in [2.45, 2.75) is 20.0 Å². The maximum absolute atomic E-state index is 5.37. The Morgan fingerprint density at radius 1 is 1.30 bits per heavy atom. The fraction of sp³-hybridized carbons (Fsp3) is 0.375. The zero-order valence-electron chi connectivity index (χ0n) is 6.24. The highest BCUT2D eigenvalue weighted by atomic mass is 16.5. The van der Waals surface area contributed by atoms with E-state index in [-0.39, 0.29) is 6.10 Å². The highest BCUT2D eigenvalue weighted by Crippen LogP contribution is 2.08. The van der Waals surface area contributed by atoms with E-state index in [0.29, 0.717) is 0 Å². The highest BCUT2D eigenvalue weighted by Gasteiger charge is 1.93. The number of hydrogen-bond donors (Lipinski definition) is 0. The van der Waals surface area contributed by atoms with E-state index in [1.807, 2.05) is 26.0 Å². The molecular formula is C8H11NO. The summed E-state index contributed by atoms with van der Waals surface area (Å²) in [5.41, 5.74) is 0. The predicted molar refractivity (Wildman–Crippen MR) is 40.0 cm³/mol. The van der Waals surface area contributed by atoms with E-state index < -0.39 is 0 Å². The standard InChI is InChI=1S/C8H11NO/c1-7(2)10-8-3-5-9-6-4-8/h3-7H,1-2H3. The molecule has 1 rings (SSSR count). The number of rotatable bonds is 2. The minimum absolute atomic E-state index is 0.238. The molecule has 0 unspecified atom stereocenters. The van der Waals surface area contributed by atoms with Crippen molar-refractivity contribution >= 4 is 0 Å². The summed E-state index contributed by atoms with van der Waals surface area (Å²) in [7, 11) is 0. The van der Waals surface area contributed by atoms with Crippen LogP contribution in [0.5, 0.6) is 5.75 Å². The van der Waals surface area contributed by atoms with Crippen LogP contribution in [0.1, 0.15) is 13.8 Å². The Kier molecular flexibility index (Phi) is 2.26. The summed E-state index contributed by atoms with van der Waals surface area (Å²) in [6.45, 7) is 4.00. The molecule has 54 valence electrons. The molecule has 1 heterocycles. The maximum atomic E-state index is 5.37. The Balaban J connectivity index is 2.59. The first kappa shape index (κ1) is 7.06. The zero-order valence-corrected chi connectivity index (χ0v) is 6.24. The largest absolute Gasteiger partial charge is 0.491 e. The summed E-state index contributed by atoms with van der Waals surface area (Å²) in [4.78, 5) is 3.87. The van der Waals surface area contributed by atoms with Crippen molar-refractivity contribution in [3.05, 3.63) is 24.5 Å². The van der Waals surface area contributed by atoms with Crippen LogP contribution in [-0.4, -0.2) is 11.1 Å². The normalized spacial score (nSPS) is 9.90. The number of hydrogen-bond acceptors (Lipinski definition) is 2. The van der Waals surface area contributed by atoms with Crippen molar-refractivity contribution in [1.82, 2.24) is 4.98 Å². The topological polar surface area (TPSA) is 22.1 Å². The van der Waals surface area contributed by atoms with Gasteiger partial charge in [0.05, 0.1) is 6.10 Å². The SMILES string of the molecule is CC(C)Oc1ccncc1. The van der Waals surface area contributed by atoms with Crippen molar-refractivity contribution in [2.24, 2.45) is 0 Å². The molecule has 0 saturated carbocycles. The minimum atomic E-state index is 0.238. The average molecular weight is 137 g/mol. The lowest BCUT2D eigenvalue weighted by atomic mass is 10.4. The zero-order chi connectivity index (χ0) is 7.40. The third kappa shape index (κ3) is 2.05. The van der Waals surface area contributed by atoms with Gasteiger partial charge in [0.25, 0.3) is 0 Å². The van der Waals surface area contributed by atoms with Crippen LogP contribution in [0, 0.1) is 0 Å². The lowest BCUT2D eigenvalue weighted by molar-refractivity contribution is 0.242. The summed E-state index contributed by atoms with van der Waals surface area (Å²) in [6.07, 6.45) is 3.68. The molecule has 0 atom stereocenters. The van der Waals surface area contributed by atoms with Crippen molar-refractivity contribution < 1.29 is 4.74 Å². The second-order valence-corrected chi connectivity index (χ2v) is 2.35. The molecule has 2 heteroatoms. The molecule has 0 bridgehead atoms. The van der Waals surface area contributed by atoms with Gasteiger partial charge in [0.15, 0.2) is 0 Å².